The number of hydrogen-bond acceptors (Lipinski definition) is 4. The molecule has 4 nitrogen and oxygen atoms in total. The van der Waals surface area contributed by atoms with Crippen LogP contribution in [0.5, 0.6) is 0 Å². The highest BCUT2D eigenvalue weighted by atomic mass is 35.5. The fourth-order valence-corrected chi connectivity index (χ4v) is 2.36. The third-order valence-corrected chi connectivity index (χ3v) is 3.54. The lowest BCUT2D eigenvalue weighted by Gasteiger charge is -2.14. The summed E-state index contributed by atoms with van der Waals surface area (Å²) in [7, 11) is 0. The van der Waals surface area contributed by atoms with Crippen LogP contribution >= 0.6 is 23.4 Å². The van der Waals surface area contributed by atoms with Crippen molar-refractivity contribution in [3.05, 3.63) is 23.4 Å². The van der Waals surface area contributed by atoms with Crippen molar-refractivity contribution in [3.63, 3.8) is 0 Å². The van der Waals surface area contributed by atoms with Crippen LogP contribution in [0.15, 0.2) is 23.4 Å². The largest absolute Gasteiger partial charge is 0.368 e. The van der Waals surface area contributed by atoms with Gasteiger partial charge in [0.25, 0.3) is 0 Å². The Balaban J connectivity index is 2.34. The third kappa shape index (κ3) is 5.71. The van der Waals surface area contributed by atoms with E-state index < -0.39 is 0 Å². The molecule has 0 aliphatic rings. The van der Waals surface area contributed by atoms with Gasteiger partial charge in [-0.2, -0.15) is 0 Å². The summed E-state index contributed by atoms with van der Waals surface area (Å²) in [6.07, 6.45) is 3.30. The molecule has 1 aromatic heterocycles. The Morgan fingerprint density at radius 2 is 2.39 bits per heavy atom. The van der Waals surface area contributed by atoms with Gasteiger partial charge in [0.2, 0.25) is 5.91 Å². The highest BCUT2D eigenvalue weighted by Gasteiger charge is 2.13. The van der Waals surface area contributed by atoms with E-state index in [9.17, 15) is 4.79 Å². The fourth-order valence-electron chi connectivity index (χ4n) is 1.39. The summed E-state index contributed by atoms with van der Waals surface area (Å²) >= 11 is 7.34. The topological polar surface area (TPSA) is 68.0 Å². The van der Waals surface area contributed by atoms with Gasteiger partial charge in [-0.15, -0.1) is 11.8 Å². The summed E-state index contributed by atoms with van der Waals surface area (Å²) in [6.45, 7) is 2.86. The molecule has 6 heteroatoms. The van der Waals surface area contributed by atoms with E-state index in [2.05, 4.69) is 17.2 Å². The van der Waals surface area contributed by atoms with E-state index in [1.165, 1.54) is 0 Å². The first-order valence-electron chi connectivity index (χ1n) is 5.90. The summed E-state index contributed by atoms with van der Waals surface area (Å²) in [5.41, 5.74) is 5.33. The van der Waals surface area contributed by atoms with Gasteiger partial charge in [-0.05, 0) is 31.5 Å². The van der Waals surface area contributed by atoms with Crippen LogP contribution in [0.4, 0.5) is 0 Å². The van der Waals surface area contributed by atoms with E-state index >= 15 is 0 Å². The summed E-state index contributed by atoms with van der Waals surface area (Å²) < 4.78 is 0. The van der Waals surface area contributed by atoms with Gasteiger partial charge in [0, 0.05) is 11.9 Å². The Labute approximate surface area is 117 Å². The quantitative estimate of drug-likeness (QED) is 0.718. The molecule has 0 bridgehead atoms. The normalized spacial score (nSPS) is 12.3. The van der Waals surface area contributed by atoms with E-state index in [1.807, 2.05) is 6.07 Å². The molecule has 0 fully saturated rings. The van der Waals surface area contributed by atoms with E-state index in [4.69, 9.17) is 17.3 Å². The van der Waals surface area contributed by atoms with Crippen LogP contribution in [-0.2, 0) is 4.79 Å². The van der Waals surface area contributed by atoms with Crippen molar-refractivity contribution >= 4 is 29.3 Å². The standard InChI is InChI=1S/C12H18ClN3OS/c1-2-6-15-10(12(14)17)5-7-18-11-4-3-9(13)8-16-11/h3-4,8,10,15H,2,5-7H2,1H3,(H2,14,17). The van der Waals surface area contributed by atoms with Gasteiger partial charge in [-0.1, -0.05) is 18.5 Å². The molecule has 3 N–H and O–H groups in total. The average molecular weight is 288 g/mol. The van der Waals surface area contributed by atoms with Gasteiger partial charge in [-0.3, -0.25) is 4.79 Å². The maximum Gasteiger partial charge on any atom is 0.234 e. The number of primary amides is 1. The Bertz CT molecular complexity index is 372. The molecule has 0 saturated carbocycles. The first-order chi connectivity index (χ1) is 8.63. The van der Waals surface area contributed by atoms with Crippen LogP contribution in [0.1, 0.15) is 19.8 Å². The van der Waals surface area contributed by atoms with Crippen molar-refractivity contribution in [2.24, 2.45) is 5.73 Å². The van der Waals surface area contributed by atoms with Crippen LogP contribution in [0.2, 0.25) is 5.02 Å². The number of amides is 1. The predicted octanol–water partition coefficient (Wildman–Crippen LogP) is 2.07. The summed E-state index contributed by atoms with van der Waals surface area (Å²) in [5, 5.41) is 4.66. The van der Waals surface area contributed by atoms with Gasteiger partial charge in [0.1, 0.15) is 0 Å². The number of pyridine rings is 1. The van der Waals surface area contributed by atoms with Gasteiger partial charge in [0.05, 0.1) is 16.1 Å². The summed E-state index contributed by atoms with van der Waals surface area (Å²) in [4.78, 5) is 15.4. The molecule has 100 valence electrons. The molecule has 1 heterocycles. The molecule has 0 aliphatic heterocycles. The van der Waals surface area contributed by atoms with Crippen LogP contribution < -0.4 is 11.1 Å². The van der Waals surface area contributed by atoms with E-state index in [0.717, 1.165) is 23.7 Å². The third-order valence-electron chi connectivity index (χ3n) is 2.34. The van der Waals surface area contributed by atoms with Crippen molar-refractivity contribution in [2.75, 3.05) is 12.3 Å². The molecular weight excluding hydrogens is 270 g/mol. The molecule has 1 rings (SSSR count). The molecule has 0 aromatic carbocycles. The minimum atomic E-state index is -0.298. The van der Waals surface area contributed by atoms with Crippen LogP contribution in [0, 0.1) is 0 Å². The molecule has 1 amide bonds. The fraction of sp³-hybridized carbons (Fsp3) is 0.500. The highest BCUT2D eigenvalue weighted by molar-refractivity contribution is 7.99. The summed E-state index contributed by atoms with van der Waals surface area (Å²) in [6, 6.07) is 3.41. The number of nitrogens with two attached hydrogens (primary N) is 1. The second-order valence-corrected chi connectivity index (χ2v) is 5.41. The Kier molecular flexibility index (Phi) is 7.08. The number of thioether (sulfide) groups is 1. The minimum Gasteiger partial charge on any atom is -0.368 e. The first kappa shape index (κ1) is 15.3. The van der Waals surface area contributed by atoms with E-state index in [1.54, 1.807) is 24.0 Å². The first-order valence-corrected chi connectivity index (χ1v) is 7.27. The van der Waals surface area contributed by atoms with Gasteiger partial charge < -0.3 is 11.1 Å². The SMILES string of the molecule is CCCNC(CCSc1ccc(Cl)cn1)C(N)=O. The number of nitrogens with one attached hydrogen (secondary N) is 1. The number of carbonyl (C=O) groups is 1. The van der Waals surface area contributed by atoms with Crippen molar-refractivity contribution in [2.45, 2.75) is 30.8 Å². The number of aromatic nitrogens is 1. The second-order valence-electron chi connectivity index (χ2n) is 3.86. The molecule has 18 heavy (non-hydrogen) atoms. The molecule has 1 atom stereocenters. The summed E-state index contributed by atoms with van der Waals surface area (Å²) in [5.74, 6) is 0.493. The van der Waals surface area contributed by atoms with E-state index in [0.29, 0.717) is 11.4 Å². The van der Waals surface area contributed by atoms with E-state index in [-0.39, 0.29) is 11.9 Å². The van der Waals surface area contributed by atoms with Crippen LogP contribution in [0.25, 0.3) is 0 Å². The molecule has 1 aromatic rings. The Morgan fingerprint density at radius 1 is 1.61 bits per heavy atom. The monoisotopic (exact) mass is 287 g/mol. The number of hydrogen-bond donors (Lipinski definition) is 2. The molecular formula is C12H18ClN3OS. The molecule has 0 saturated heterocycles. The molecule has 0 aliphatic carbocycles. The number of carbonyl (C=O) groups excluding carboxylic acids is 1. The minimum absolute atomic E-state index is 0.259. The lowest BCUT2D eigenvalue weighted by molar-refractivity contribution is -0.120. The van der Waals surface area contributed by atoms with Gasteiger partial charge >= 0.3 is 0 Å². The van der Waals surface area contributed by atoms with Crippen molar-refractivity contribution < 1.29 is 4.79 Å². The molecule has 0 radical (unpaired) electrons. The van der Waals surface area contributed by atoms with Gasteiger partial charge in [-0.25, -0.2) is 4.98 Å². The zero-order chi connectivity index (χ0) is 13.4. The highest BCUT2D eigenvalue weighted by Crippen LogP contribution is 2.18. The maximum atomic E-state index is 11.2. The van der Waals surface area contributed by atoms with Crippen molar-refractivity contribution in [1.29, 1.82) is 0 Å². The van der Waals surface area contributed by atoms with Crippen LogP contribution in [-0.4, -0.2) is 29.2 Å². The van der Waals surface area contributed by atoms with Crippen molar-refractivity contribution in [3.8, 4) is 0 Å². The lowest BCUT2D eigenvalue weighted by Crippen LogP contribution is -2.41. The van der Waals surface area contributed by atoms with Gasteiger partial charge in [0.15, 0.2) is 0 Å². The second kappa shape index (κ2) is 8.34. The zero-order valence-electron chi connectivity index (χ0n) is 10.4. The number of nitrogens with zero attached hydrogens (tertiary/aromatic N) is 1. The lowest BCUT2D eigenvalue weighted by atomic mass is 10.2. The predicted molar refractivity (Wildman–Crippen MR) is 75.9 cm³/mol. The Morgan fingerprint density at radius 3 is 2.94 bits per heavy atom. The van der Waals surface area contributed by atoms with Crippen LogP contribution in [0.3, 0.4) is 0 Å². The zero-order valence-corrected chi connectivity index (χ0v) is 11.9. The maximum absolute atomic E-state index is 11.2. The average Bonchev–Trinajstić information content (AvgIpc) is 2.35. The van der Waals surface area contributed by atoms with Crippen molar-refractivity contribution in [1.82, 2.24) is 10.3 Å². The number of rotatable bonds is 8. The Hall–Kier alpha value is -0.780. The number of halogens is 1. The smallest absolute Gasteiger partial charge is 0.234 e. The molecule has 0 spiro atoms. The molecule has 1 unspecified atom stereocenters.